The number of alkyl carbamates (subject to hydrolysis) is 1. The summed E-state index contributed by atoms with van der Waals surface area (Å²) in [5.41, 5.74) is 1.03. The standard InChI is InChI=1S/C31H47N3O6/c1-8-11-18-25(20-23-16-13-12-14-17-23)40-31(38)33-26(19-22(4)5)28(35)32-27(30(37)39-10-3)21-24(15-9-2)29(36)34(6)7/h8-9,12-14,16-17,22,24-27H,1-2,10-11,15,18-21H2,3-7H3,(H,32,35)(H,33,38)/t24?,25?,26-,27-/m0/s1. The summed E-state index contributed by atoms with van der Waals surface area (Å²) in [5, 5.41) is 5.41. The zero-order valence-corrected chi connectivity index (χ0v) is 24.7. The number of benzene rings is 1. The molecule has 2 unspecified atom stereocenters. The third-order valence-electron chi connectivity index (χ3n) is 6.24. The van der Waals surface area contributed by atoms with Gasteiger partial charge in [-0.25, -0.2) is 9.59 Å². The van der Waals surface area contributed by atoms with Crippen molar-refractivity contribution >= 4 is 23.9 Å². The number of esters is 1. The van der Waals surface area contributed by atoms with Crippen LogP contribution in [0.15, 0.2) is 55.6 Å². The van der Waals surface area contributed by atoms with Crippen LogP contribution in [-0.4, -0.2) is 67.7 Å². The first-order valence-electron chi connectivity index (χ1n) is 13.9. The van der Waals surface area contributed by atoms with Crippen LogP contribution in [0.1, 0.15) is 58.4 Å². The maximum Gasteiger partial charge on any atom is 0.408 e. The third kappa shape index (κ3) is 13.0. The fourth-order valence-electron chi connectivity index (χ4n) is 4.29. The van der Waals surface area contributed by atoms with Crippen LogP contribution in [0.5, 0.6) is 0 Å². The van der Waals surface area contributed by atoms with Crippen molar-refractivity contribution in [2.45, 2.75) is 77.5 Å². The number of ether oxygens (including phenoxy) is 2. The summed E-state index contributed by atoms with van der Waals surface area (Å²) in [4.78, 5) is 53.3. The van der Waals surface area contributed by atoms with Crippen molar-refractivity contribution in [1.82, 2.24) is 15.5 Å². The van der Waals surface area contributed by atoms with Gasteiger partial charge < -0.3 is 25.0 Å². The molecule has 0 aromatic heterocycles. The fraction of sp³-hybridized carbons (Fsp3) is 0.548. The maximum absolute atomic E-state index is 13.4. The minimum absolute atomic E-state index is 0.0349. The molecule has 222 valence electrons. The zero-order valence-electron chi connectivity index (χ0n) is 24.7. The highest BCUT2D eigenvalue weighted by atomic mass is 16.6. The Labute approximate surface area is 239 Å². The highest BCUT2D eigenvalue weighted by Gasteiger charge is 2.33. The molecule has 3 amide bonds. The van der Waals surface area contributed by atoms with Crippen molar-refractivity contribution in [2.24, 2.45) is 11.8 Å². The molecular weight excluding hydrogens is 510 g/mol. The zero-order chi connectivity index (χ0) is 30.1. The largest absolute Gasteiger partial charge is 0.464 e. The molecule has 0 aliphatic carbocycles. The number of allylic oxidation sites excluding steroid dienone is 2. The molecule has 0 saturated heterocycles. The van der Waals surface area contributed by atoms with Crippen molar-refractivity contribution in [1.29, 1.82) is 0 Å². The van der Waals surface area contributed by atoms with Gasteiger partial charge in [0.1, 0.15) is 18.2 Å². The van der Waals surface area contributed by atoms with E-state index in [1.165, 1.54) is 4.90 Å². The molecule has 4 atom stereocenters. The molecule has 0 bridgehead atoms. The number of amides is 3. The van der Waals surface area contributed by atoms with Gasteiger partial charge in [0, 0.05) is 26.4 Å². The quantitative estimate of drug-likeness (QED) is 0.204. The lowest BCUT2D eigenvalue weighted by Crippen LogP contribution is -2.53. The van der Waals surface area contributed by atoms with Crippen LogP contribution in [-0.2, 0) is 30.3 Å². The normalized spacial score (nSPS) is 13.8. The number of nitrogens with zero attached hydrogens (tertiary/aromatic N) is 1. The molecule has 0 spiro atoms. The fourth-order valence-corrected chi connectivity index (χ4v) is 4.29. The highest BCUT2D eigenvalue weighted by molar-refractivity contribution is 5.90. The monoisotopic (exact) mass is 557 g/mol. The first-order valence-corrected chi connectivity index (χ1v) is 13.9. The van der Waals surface area contributed by atoms with E-state index >= 15 is 0 Å². The Balaban J connectivity index is 3.06. The topological polar surface area (TPSA) is 114 Å². The summed E-state index contributed by atoms with van der Waals surface area (Å²) in [6.07, 6.45) is 4.71. The van der Waals surface area contributed by atoms with E-state index in [9.17, 15) is 19.2 Å². The van der Waals surface area contributed by atoms with E-state index in [4.69, 9.17) is 9.47 Å². The molecule has 9 nitrogen and oxygen atoms in total. The summed E-state index contributed by atoms with van der Waals surface area (Å²) in [7, 11) is 3.26. The Kier molecular flexibility index (Phi) is 16.0. The predicted octanol–water partition coefficient (Wildman–Crippen LogP) is 4.42. The van der Waals surface area contributed by atoms with Crippen LogP contribution >= 0.6 is 0 Å². The van der Waals surface area contributed by atoms with Crippen molar-refractivity contribution in [3.05, 3.63) is 61.2 Å². The van der Waals surface area contributed by atoms with Crippen molar-refractivity contribution in [3.8, 4) is 0 Å². The van der Waals surface area contributed by atoms with Gasteiger partial charge in [0.25, 0.3) is 0 Å². The van der Waals surface area contributed by atoms with E-state index in [-0.39, 0.29) is 24.9 Å². The lowest BCUT2D eigenvalue weighted by atomic mass is 9.94. The van der Waals surface area contributed by atoms with E-state index in [1.54, 1.807) is 33.2 Å². The molecule has 2 N–H and O–H groups in total. The van der Waals surface area contributed by atoms with E-state index in [0.29, 0.717) is 32.1 Å². The summed E-state index contributed by atoms with van der Waals surface area (Å²) in [6, 6.07) is 7.67. The molecule has 1 aromatic rings. The Bertz CT molecular complexity index is 963. The Morgan fingerprint density at radius 1 is 0.975 bits per heavy atom. The van der Waals surface area contributed by atoms with Gasteiger partial charge in [0.15, 0.2) is 0 Å². The van der Waals surface area contributed by atoms with Gasteiger partial charge in [-0.1, -0.05) is 56.3 Å². The number of hydrogen-bond donors (Lipinski definition) is 2. The first kappa shape index (κ1) is 34.4. The Morgan fingerprint density at radius 2 is 1.65 bits per heavy atom. The van der Waals surface area contributed by atoms with Gasteiger partial charge in [0.2, 0.25) is 11.8 Å². The maximum atomic E-state index is 13.4. The van der Waals surface area contributed by atoms with E-state index in [2.05, 4.69) is 23.8 Å². The molecular formula is C31H47N3O6. The number of carbonyl (C=O) groups is 4. The second-order valence-corrected chi connectivity index (χ2v) is 10.4. The van der Waals surface area contributed by atoms with Gasteiger partial charge in [-0.3, -0.25) is 9.59 Å². The second-order valence-electron chi connectivity index (χ2n) is 10.4. The van der Waals surface area contributed by atoms with Crippen LogP contribution in [0.2, 0.25) is 0 Å². The van der Waals surface area contributed by atoms with Gasteiger partial charge in [-0.05, 0) is 50.5 Å². The van der Waals surface area contributed by atoms with Gasteiger partial charge in [0.05, 0.1) is 6.61 Å². The molecule has 0 fully saturated rings. The summed E-state index contributed by atoms with van der Waals surface area (Å²) in [6.45, 7) is 13.1. The van der Waals surface area contributed by atoms with Gasteiger partial charge in [-0.2, -0.15) is 0 Å². The predicted molar refractivity (Wildman–Crippen MR) is 156 cm³/mol. The lowest BCUT2D eigenvalue weighted by Gasteiger charge is -2.27. The lowest BCUT2D eigenvalue weighted by molar-refractivity contribution is -0.148. The smallest absolute Gasteiger partial charge is 0.408 e. The number of rotatable bonds is 18. The van der Waals surface area contributed by atoms with Crippen LogP contribution in [0.3, 0.4) is 0 Å². The number of nitrogens with one attached hydrogen (secondary N) is 2. The van der Waals surface area contributed by atoms with E-state index in [0.717, 1.165) is 5.56 Å². The van der Waals surface area contributed by atoms with Gasteiger partial charge in [-0.15, -0.1) is 13.2 Å². The molecule has 0 heterocycles. The molecule has 9 heteroatoms. The van der Waals surface area contributed by atoms with Gasteiger partial charge >= 0.3 is 12.1 Å². The SMILES string of the molecule is C=CCCC(Cc1ccccc1)OC(=O)N[C@@H](CC(C)C)C(=O)N[C@@H](CC(CC=C)C(=O)N(C)C)C(=O)OCC. The Morgan fingerprint density at radius 3 is 2.20 bits per heavy atom. The molecule has 0 aliphatic heterocycles. The van der Waals surface area contributed by atoms with Crippen molar-refractivity contribution in [3.63, 3.8) is 0 Å². The van der Waals surface area contributed by atoms with Crippen LogP contribution in [0, 0.1) is 11.8 Å². The van der Waals surface area contributed by atoms with E-state index < -0.39 is 42.1 Å². The van der Waals surface area contributed by atoms with E-state index in [1.807, 2.05) is 44.2 Å². The molecule has 1 rings (SSSR count). The molecule has 0 saturated carbocycles. The molecule has 0 aliphatic rings. The average molecular weight is 558 g/mol. The van der Waals surface area contributed by atoms with Crippen molar-refractivity contribution in [2.75, 3.05) is 20.7 Å². The van der Waals surface area contributed by atoms with Crippen LogP contribution in [0.25, 0.3) is 0 Å². The highest BCUT2D eigenvalue weighted by Crippen LogP contribution is 2.17. The van der Waals surface area contributed by atoms with Crippen LogP contribution in [0.4, 0.5) is 4.79 Å². The number of carbonyl (C=O) groups excluding carboxylic acids is 4. The Hall–Kier alpha value is -3.62. The molecule has 40 heavy (non-hydrogen) atoms. The minimum atomic E-state index is -1.08. The second kappa shape index (κ2) is 18.6. The summed E-state index contributed by atoms with van der Waals surface area (Å²) in [5.74, 6) is -1.90. The molecule has 1 aromatic carbocycles. The summed E-state index contributed by atoms with van der Waals surface area (Å²) >= 11 is 0. The summed E-state index contributed by atoms with van der Waals surface area (Å²) < 4.78 is 10.9. The number of hydrogen-bond acceptors (Lipinski definition) is 6. The molecule has 0 radical (unpaired) electrons. The first-order chi connectivity index (χ1) is 19.0. The average Bonchev–Trinajstić information content (AvgIpc) is 2.90. The minimum Gasteiger partial charge on any atom is -0.464 e. The van der Waals surface area contributed by atoms with Crippen molar-refractivity contribution < 1.29 is 28.7 Å². The van der Waals surface area contributed by atoms with Crippen LogP contribution < -0.4 is 10.6 Å². The third-order valence-corrected chi connectivity index (χ3v) is 6.24.